The van der Waals surface area contributed by atoms with Crippen molar-refractivity contribution in [2.45, 2.75) is 51.4 Å². The van der Waals surface area contributed by atoms with E-state index in [9.17, 15) is 0 Å². The van der Waals surface area contributed by atoms with Gasteiger partial charge in [0, 0.05) is 12.5 Å². The van der Waals surface area contributed by atoms with Crippen molar-refractivity contribution in [2.24, 2.45) is 5.92 Å². The summed E-state index contributed by atoms with van der Waals surface area (Å²) >= 11 is 0. The Morgan fingerprint density at radius 1 is 1.27 bits per heavy atom. The second-order valence-electron chi connectivity index (χ2n) is 4.68. The monoisotopic (exact) mass is 213 g/mol. The van der Waals surface area contributed by atoms with Gasteiger partial charge in [0.05, 0.1) is 13.2 Å². The van der Waals surface area contributed by atoms with Crippen LogP contribution in [0.25, 0.3) is 0 Å². The lowest BCUT2D eigenvalue weighted by Gasteiger charge is -2.20. The quantitative estimate of drug-likeness (QED) is 0.701. The Hall–Kier alpha value is -0.120. The summed E-state index contributed by atoms with van der Waals surface area (Å²) in [5.41, 5.74) is 0. The topological polar surface area (TPSA) is 30.5 Å². The van der Waals surface area contributed by atoms with E-state index in [2.05, 4.69) is 12.2 Å². The van der Waals surface area contributed by atoms with Gasteiger partial charge in [0.1, 0.15) is 0 Å². The van der Waals surface area contributed by atoms with Crippen molar-refractivity contribution >= 4 is 0 Å². The summed E-state index contributed by atoms with van der Waals surface area (Å²) in [5, 5.41) is 3.53. The molecule has 0 aromatic heterocycles. The van der Waals surface area contributed by atoms with Gasteiger partial charge >= 0.3 is 0 Å². The molecule has 0 aromatic carbocycles. The van der Waals surface area contributed by atoms with Crippen LogP contribution in [0.1, 0.15) is 39.0 Å². The molecule has 1 saturated heterocycles. The van der Waals surface area contributed by atoms with Gasteiger partial charge in [0.25, 0.3) is 0 Å². The van der Waals surface area contributed by atoms with Gasteiger partial charge < -0.3 is 14.8 Å². The molecule has 1 unspecified atom stereocenters. The van der Waals surface area contributed by atoms with Crippen molar-refractivity contribution in [3.8, 4) is 0 Å². The first-order valence-electron chi connectivity index (χ1n) is 6.35. The van der Waals surface area contributed by atoms with E-state index >= 15 is 0 Å². The summed E-state index contributed by atoms with van der Waals surface area (Å²) < 4.78 is 11.0. The second-order valence-corrected chi connectivity index (χ2v) is 4.68. The molecule has 1 aliphatic heterocycles. The first-order valence-corrected chi connectivity index (χ1v) is 6.35. The smallest absolute Gasteiger partial charge is 0.159 e. The summed E-state index contributed by atoms with van der Waals surface area (Å²) in [7, 11) is 0. The average Bonchev–Trinajstić information content (AvgIpc) is 2.93. The molecule has 88 valence electrons. The van der Waals surface area contributed by atoms with Crippen molar-refractivity contribution in [1.29, 1.82) is 0 Å². The average molecular weight is 213 g/mol. The molecule has 2 rings (SSSR count). The van der Waals surface area contributed by atoms with E-state index in [1.54, 1.807) is 0 Å². The Morgan fingerprint density at radius 2 is 2.00 bits per heavy atom. The maximum Gasteiger partial charge on any atom is 0.159 e. The maximum absolute atomic E-state index is 5.49. The highest BCUT2D eigenvalue weighted by Crippen LogP contribution is 2.34. The van der Waals surface area contributed by atoms with E-state index in [0.29, 0.717) is 6.04 Å². The van der Waals surface area contributed by atoms with Gasteiger partial charge in [-0.15, -0.1) is 0 Å². The lowest BCUT2D eigenvalue weighted by atomic mass is 10.1. The van der Waals surface area contributed by atoms with Crippen LogP contribution in [0, 0.1) is 5.92 Å². The number of nitrogens with one attached hydrogen (secondary N) is 1. The Labute approximate surface area is 92.5 Å². The van der Waals surface area contributed by atoms with Crippen molar-refractivity contribution in [3.05, 3.63) is 0 Å². The molecular weight excluding hydrogens is 190 g/mol. The molecule has 1 heterocycles. The molecule has 1 N–H and O–H groups in total. The minimum absolute atomic E-state index is 0.0493. The van der Waals surface area contributed by atoms with Crippen LogP contribution in [0.2, 0.25) is 0 Å². The van der Waals surface area contributed by atoms with Crippen LogP contribution in [0.5, 0.6) is 0 Å². The molecule has 0 spiro atoms. The highest BCUT2D eigenvalue weighted by Gasteiger charge is 2.25. The summed E-state index contributed by atoms with van der Waals surface area (Å²) in [4.78, 5) is 0. The van der Waals surface area contributed by atoms with Crippen LogP contribution < -0.4 is 5.32 Å². The Kier molecular flexibility index (Phi) is 4.42. The van der Waals surface area contributed by atoms with E-state index in [1.165, 1.54) is 25.7 Å². The molecule has 3 nitrogen and oxygen atoms in total. The molecule has 3 heteroatoms. The maximum atomic E-state index is 5.49. The fraction of sp³-hybridized carbons (Fsp3) is 1.00. The highest BCUT2D eigenvalue weighted by molar-refractivity contribution is 4.77. The van der Waals surface area contributed by atoms with Gasteiger partial charge in [-0.1, -0.05) is 19.8 Å². The summed E-state index contributed by atoms with van der Waals surface area (Å²) in [5.74, 6) is 1.02. The highest BCUT2D eigenvalue weighted by atomic mass is 16.7. The van der Waals surface area contributed by atoms with E-state index in [1.807, 2.05) is 0 Å². The zero-order valence-corrected chi connectivity index (χ0v) is 9.71. The van der Waals surface area contributed by atoms with Crippen LogP contribution in [-0.4, -0.2) is 32.1 Å². The van der Waals surface area contributed by atoms with Gasteiger partial charge in [-0.3, -0.25) is 0 Å². The molecule has 0 aromatic rings. The number of rotatable bonds is 7. The lowest BCUT2D eigenvalue weighted by molar-refractivity contribution is -0.0532. The zero-order valence-electron chi connectivity index (χ0n) is 9.71. The molecule has 1 saturated carbocycles. The Bertz CT molecular complexity index is 176. The third-order valence-electron chi connectivity index (χ3n) is 3.28. The van der Waals surface area contributed by atoms with Gasteiger partial charge in [-0.05, 0) is 25.3 Å². The van der Waals surface area contributed by atoms with Gasteiger partial charge in [0.15, 0.2) is 6.29 Å². The minimum atomic E-state index is 0.0493. The number of hydrogen-bond acceptors (Lipinski definition) is 3. The van der Waals surface area contributed by atoms with Gasteiger partial charge in [-0.2, -0.15) is 0 Å². The summed E-state index contributed by atoms with van der Waals surface area (Å²) in [6.07, 6.45) is 6.63. The van der Waals surface area contributed by atoms with Crippen LogP contribution in [0.3, 0.4) is 0 Å². The minimum Gasteiger partial charge on any atom is -0.350 e. The van der Waals surface area contributed by atoms with Crippen LogP contribution in [-0.2, 0) is 9.47 Å². The molecular formula is C12H23NO2. The lowest BCUT2D eigenvalue weighted by Crippen LogP contribution is -2.33. The second kappa shape index (κ2) is 5.83. The van der Waals surface area contributed by atoms with E-state index in [0.717, 1.165) is 32.1 Å². The van der Waals surface area contributed by atoms with E-state index < -0.39 is 0 Å². The summed E-state index contributed by atoms with van der Waals surface area (Å²) in [6.45, 7) is 4.75. The molecule has 2 fully saturated rings. The Balaban J connectivity index is 1.65. The van der Waals surface area contributed by atoms with Crippen LogP contribution >= 0.6 is 0 Å². The standard InChI is InChI=1S/C12H23NO2/c1-2-13-11(6-5-10-3-4-10)9-12-14-7-8-15-12/h10-13H,2-9H2,1H3. The number of ether oxygens (including phenoxy) is 2. The fourth-order valence-electron chi connectivity index (χ4n) is 2.21. The van der Waals surface area contributed by atoms with Crippen molar-refractivity contribution < 1.29 is 9.47 Å². The molecule has 1 atom stereocenters. The first kappa shape index (κ1) is 11.4. The van der Waals surface area contributed by atoms with Gasteiger partial charge in [0.2, 0.25) is 0 Å². The van der Waals surface area contributed by atoms with E-state index in [-0.39, 0.29) is 6.29 Å². The number of hydrogen-bond donors (Lipinski definition) is 1. The summed E-state index contributed by atoms with van der Waals surface area (Å²) in [6, 6.07) is 0.582. The predicted octanol–water partition coefficient (Wildman–Crippen LogP) is 1.92. The third kappa shape index (κ3) is 4.09. The SMILES string of the molecule is CCNC(CCC1CC1)CC1OCCO1. The van der Waals surface area contributed by atoms with Crippen molar-refractivity contribution in [3.63, 3.8) is 0 Å². The van der Waals surface area contributed by atoms with Gasteiger partial charge in [-0.25, -0.2) is 0 Å². The molecule has 2 aliphatic rings. The Morgan fingerprint density at radius 3 is 2.60 bits per heavy atom. The van der Waals surface area contributed by atoms with Crippen LogP contribution in [0.4, 0.5) is 0 Å². The fourth-order valence-corrected chi connectivity index (χ4v) is 2.21. The van der Waals surface area contributed by atoms with Crippen LogP contribution in [0.15, 0.2) is 0 Å². The molecule has 1 aliphatic carbocycles. The predicted molar refractivity (Wildman–Crippen MR) is 59.7 cm³/mol. The molecule has 0 amide bonds. The third-order valence-corrected chi connectivity index (χ3v) is 3.28. The molecule has 0 radical (unpaired) electrons. The molecule has 0 bridgehead atoms. The van der Waals surface area contributed by atoms with E-state index in [4.69, 9.17) is 9.47 Å². The zero-order chi connectivity index (χ0) is 10.5. The molecule has 15 heavy (non-hydrogen) atoms. The van der Waals surface area contributed by atoms with Crippen molar-refractivity contribution in [2.75, 3.05) is 19.8 Å². The normalized spacial score (nSPS) is 24.6. The van der Waals surface area contributed by atoms with Crippen molar-refractivity contribution in [1.82, 2.24) is 5.32 Å². The largest absolute Gasteiger partial charge is 0.350 e. The first-order chi connectivity index (χ1) is 7.38.